The van der Waals surface area contributed by atoms with Crippen molar-refractivity contribution in [2.45, 2.75) is 12.3 Å². The number of aryl methyl sites for hydroxylation is 1. The van der Waals surface area contributed by atoms with Gasteiger partial charge in [-0.1, -0.05) is 0 Å². The number of hydrogen-bond donors (Lipinski definition) is 1. The maximum Gasteiger partial charge on any atom is 0.421 e. The van der Waals surface area contributed by atoms with E-state index in [2.05, 4.69) is 20.4 Å². The molecule has 2 aromatic heterocycles. The molecule has 1 fully saturated rings. The summed E-state index contributed by atoms with van der Waals surface area (Å²) in [6.45, 7) is 2.05. The highest BCUT2D eigenvalue weighted by atomic mass is 127. The van der Waals surface area contributed by atoms with Crippen LogP contribution in [0.2, 0.25) is 0 Å². The number of aliphatic imine (C=N–C) groups is 1. The molecule has 3 heterocycles. The maximum absolute atomic E-state index is 13.0. The number of ether oxygens (including phenoxy) is 2. The molecule has 0 saturated carbocycles. The minimum Gasteiger partial charge on any atom is -0.475 e. The van der Waals surface area contributed by atoms with Gasteiger partial charge < -0.3 is 19.7 Å². The topological polar surface area (TPSA) is 76.8 Å². The number of halogens is 4. The van der Waals surface area contributed by atoms with Crippen molar-refractivity contribution in [2.75, 3.05) is 39.9 Å². The van der Waals surface area contributed by atoms with Gasteiger partial charge >= 0.3 is 6.18 Å². The van der Waals surface area contributed by atoms with Crippen LogP contribution in [0.15, 0.2) is 35.7 Å². The number of aromatic nitrogens is 3. The van der Waals surface area contributed by atoms with Gasteiger partial charge in [0.2, 0.25) is 5.88 Å². The highest BCUT2D eigenvalue weighted by Gasteiger charge is 2.35. The van der Waals surface area contributed by atoms with Crippen molar-refractivity contribution in [1.29, 1.82) is 0 Å². The average molecular weight is 540 g/mol. The van der Waals surface area contributed by atoms with Gasteiger partial charge in [0.1, 0.15) is 18.3 Å². The van der Waals surface area contributed by atoms with E-state index >= 15 is 0 Å². The second-order valence-electron chi connectivity index (χ2n) is 6.43. The Hall–Kier alpha value is -2.09. The molecule has 1 aliphatic heterocycles. The lowest BCUT2D eigenvalue weighted by Crippen LogP contribution is -2.48. The number of pyridine rings is 1. The highest BCUT2D eigenvalue weighted by molar-refractivity contribution is 14.0. The zero-order valence-electron chi connectivity index (χ0n) is 16.6. The Kier molecular flexibility index (Phi) is 8.70. The van der Waals surface area contributed by atoms with E-state index in [0.717, 1.165) is 11.6 Å². The molecule has 0 spiro atoms. The Morgan fingerprint density at radius 2 is 2.23 bits per heavy atom. The van der Waals surface area contributed by atoms with Crippen LogP contribution in [0.5, 0.6) is 5.88 Å². The average Bonchev–Trinajstić information content (AvgIpc) is 3.14. The largest absolute Gasteiger partial charge is 0.475 e. The van der Waals surface area contributed by atoms with Gasteiger partial charge in [0.25, 0.3) is 0 Å². The van der Waals surface area contributed by atoms with Crippen molar-refractivity contribution in [1.82, 2.24) is 25.0 Å². The lowest BCUT2D eigenvalue weighted by Gasteiger charge is -2.34. The van der Waals surface area contributed by atoms with E-state index in [1.165, 1.54) is 12.3 Å². The van der Waals surface area contributed by atoms with E-state index in [-0.39, 0.29) is 43.2 Å². The summed E-state index contributed by atoms with van der Waals surface area (Å²) in [5.74, 6) is 0.197. The van der Waals surface area contributed by atoms with Crippen LogP contribution < -0.4 is 10.1 Å². The predicted octanol–water partition coefficient (Wildman–Crippen LogP) is 2.48. The van der Waals surface area contributed by atoms with Gasteiger partial charge in [-0.15, -0.1) is 24.0 Å². The second kappa shape index (κ2) is 10.8. The molecule has 166 valence electrons. The Morgan fingerprint density at radius 3 is 2.90 bits per heavy atom. The van der Waals surface area contributed by atoms with Gasteiger partial charge in [0, 0.05) is 38.6 Å². The molecule has 3 rings (SSSR count). The zero-order valence-corrected chi connectivity index (χ0v) is 18.9. The van der Waals surface area contributed by atoms with Gasteiger partial charge in [-0.25, -0.2) is 4.98 Å². The Morgan fingerprint density at radius 1 is 1.43 bits per heavy atom. The first-order chi connectivity index (χ1) is 13.9. The molecule has 1 unspecified atom stereocenters. The number of hydrogen-bond acceptors (Lipinski definition) is 5. The fourth-order valence-corrected chi connectivity index (χ4v) is 3.01. The lowest BCUT2D eigenvalue weighted by molar-refractivity contribution is -0.139. The Labute approximate surface area is 189 Å². The van der Waals surface area contributed by atoms with Gasteiger partial charge in [0.05, 0.1) is 25.9 Å². The van der Waals surface area contributed by atoms with Gasteiger partial charge in [0.15, 0.2) is 5.96 Å². The van der Waals surface area contributed by atoms with Crippen LogP contribution in [0.4, 0.5) is 13.2 Å². The molecule has 1 N–H and O–H groups in total. The number of morpholine rings is 1. The molecule has 0 radical (unpaired) electrons. The highest BCUT2D eigenvalue weighted by Crippen LogP contribution is 2.34. The quantitative estimate of drug-likeness (QED) is 0.272. The summed E-state index contributed by atoms with van der Waals surface area (Å²) < 4.78 is 51.7. The Bertz CT molecular complexity index is 845. The van der Waals surface area contributed by atoms with Gasteiger partial charge in [-0.05, 0) is 12.1 Å². The number of nitrogens with one attached hydrogen (secondary N) is 1. The van der Waals surface area contributed by atoms with E-state index in [1.807, 2.05) is 18.1 Å². The van der Waals surface area contributed by atoms with Crippen molar-refractivity contribution in [3.63, 3.8) is 0 Å². The first kappa shape index (κ1) is 24.2. The Balaban J connectivity index is 0.00000320. The molecule has 0 aliphatic carbocycles. The smallest absolute Gasteiger partial charge is 0.421 e. The van der Waals surface area contributed by atoms with Gasteiger partial charge in [-0.3, -0.25) is 9.67 Å². The van der Waals surface area contributed by atoms with Crippen LogP contribution >= 0.6 is 24.0 Å². The molecule has 0 bridgehead atoms. The normalized spacial score (nSPS) is 17.4. The van der Waals surface area contributed by atoms with Crippen LogP contribution in [0.3, 0.4) is 0 Å². The first-order valence-electron chi connectivity index (χ1n) is 9.09. The van der Waals surface area contributed by atoms with Crippen LogP contribution in [0, 0.1) is 0 Å². The number of rotatable bonds is 5. The second-order valence-corrected chi connectivity index (χ2v) is 6.43. The van der Waals surface area contributed by atoms with E-state index in [4.69, 9.17) is 9.47 Å². The van der Waals surface area contributed by atoms with Crippen LogP contribution in [0.25, 0.3) is 0 Å². The van der Waals surface area contributed by atoms with Crippen LogP contribution in [0.1, 0.15) is 17.2 Å². The number of guanidine groups is 1. The standard InChI is InChI=1S/C18H23F3N6O2.HI/c1-22-17(27-7-9-28-15(12-27)13-10-25-26(2)11-13)24-6-8-29-16-14(18(19,20)21)4-3-5-23-16;/h3-5,10-11,15H,6-9,12H2,1-2H3,(H,22,24);1H. The molecular formula is C18H24F3IN6O2. The molecule has 12 heteroatoms. The van der Waals surface area contributed by atoms with Crippen molar-refractivity contribution in [2.24, 2.45) is 12.0 Å². The molecule has 2 aromatic rings. The third-order valence-corrected chi connectivity index (χ3v) is 4.37. The first-order valence-corrected chi connectivity index (χ1v) is 9.09. The maximum atomic E-state index is 13.0. The summed E-state index contributed by atoms with van der Waals surface area (Å²) in [4.78, 5) is 9.96. The van der Waals surface area contributed by atoms with Crippen molar-refractivity contribution >= 4 is 29.9 Å². The third-order valence-electron chi connectivity index (χ3n) is 4.37. The minimum atomic E-state index is -4.51. The lowest BCUT2D eigenvalue weighted by atomic mass is 10.1. The van der Waals surface area contributed by atoms with E-state index in [1.54, 1.807) is 17.9 Å². The fourth-order valence-electron chi connectivity index (χ4n) is 3.01. The summed E-state index contributed by atoms with van der Waals surface area (Å²) >= 11 is 0. The summed E-state index contributed by atoms with van der Waals surface area (Å²) in [6, 6.07) is 2.17. The van der Waals surface area contributed by atoms with E-state index in [9.17, 15) is 13.2 Å². The molecule has 30 heavy (non-hydrogen) atoms. The van der Waals surface area contributed by atoms with Crippen molar-refractivity contribution < 1.29 is 22.6 Å². The predicted molar refractivity (Wildman–Crippen MR) is 115 cm³/mol. The SMILES string of the molecule is CN=C(NCCOc1ncccc1C(F)(F)F)N1CCOC(c2cnn(C)c2)C1.I. The molecule has 1 saturated heterocycles. The van der Waals surface area contributed by atoms with E-state index < -0.39 is 17.6 Å². The summed E-state index contributed by atoms with van der Waals surface area (Å²) in [5.41, 5.74) is 0.0858. The molecule has 1 aliphatic rings. The third kappa shape index (κ3) is 6.20. The summed E-state index contributed by atoms with van der Waals surface area (Å²) in [5, 5.41) is 7.28. The van der Waals surface area contributed by atoms with Crippen molar-refractivity contribution in [3.8, 4) is 5.88 Å². The number of alkyl halides is 3. The molecule has 8 nitrogen and oxygen atoms in total. The minimum absolute atomic E-state index is 0. The van der Waals surface area contributed by atoms with E-state index in [0.29, 0.717) is 25.7 Å². The van der Waals surface area contributed by atoms with Crippen molar-refractivity contribution in [3.05, 3.63) is 41.9 Å². The van der Waals surface area contributed by atoms with Gasteiger partial charge in [-0.2, -0.15) is 18.3 Å². The molecule has 0 aromatic carbocycles. The molecular weight excluding hydrogens is 516 g/mol. The van der Waals surface area contributed by atoms with Crippen LogP contribution in [-0.2, 0) is 18.0 Å². The number of nitrogens with zero attached hydrogens (tertiary/aromatic N) is 5. The molecule has 0 amide bonds. The fraction of sp³-hybridized carbons (Fsp3) is 0.500. The summed E-state index contributed by atoms with van der Waals surface area (Å²) in [7, 11) is 3.49. The molecule has 1 atom stereocenters. The van der Waals surface area contributed by atoms with Crippen LogP contribution in [-0.4, -0.2) is 65.5 Å². The summed E-state index contributed by atoms with van der Waals surface area (Å²) in [6.07, 6.45) is 0.299. The monoisotopic (exact) mass is 540 g/mol. The zero-order chi connectivity index (χ0) is 20.9.